The highest BCUT2D eigenvalue weighted by Gasteiger charge is 2.06. The van der Waals surface area contributed by atoms with Crippen molar-refractivity contribution < 1.29 is 0 Å². The lowest BCUT2D eigenvalue weighted by Gasteiger charge is -2.02. The number of hydrogen-bond acceptors (Lipinski definition) is 5. The molecular formula is C8H10N6. The number of H-pyrrole nitrogens is 1. The second-order valence-corrected chi connectivity index (χ2v) is 2.88. The van der Waals surface area contributed by atoms with Gasteiger partial charge >= 0.3 is 0 Å². The summed E-state index contributed by atoms with van der Waals surface area (Å²) >= 11 is 0. The lowest BCUT2D eigenvalue weighted by atomic mass is 10.2. The first kappa shape index (κ1) is 8.76. The first-order valence-electron chi connectivity index (χ1n) is 4.20. The number of aryl methyl sites for hydroxylation is 1. The highest BCUT2D eigenvalue weighted by Crippen LogP contribution is 2.11. The second kappa shape index (κ2) is 3.51. The highest BCUT2D eigenvalue weighted by atomic mass is 15.3. The van der Waals surface area contributed by atoms with E-state index in [1.807, 2.05) is 6.92 Å². The third-order valence-corrected chi connectivity index (χ3v) is 1.91. The van der Waals surface area contributed by atoms with Gasteiger partial charge in [0.05, 0.1) is 11.9 Å². The molecule has 14 heavy (non-hydrogen) atoms. The predicted molar refractivity (Wildman–Crippen MR) is 50.0 cm³/mol. The minimum absolute atomic E-state index is 0.402. The molecule has 0 spiro atoms. The van der Waals surface area contributed by atoms with Gasteiger partial charge in [-0.15, -0.1) is 0 Å². The normalized spacial score (nSPS) is 10.4. The van der Waals surface area contributed by atoms with Crippen LogP contribution >= 0.6 is 0 Å². The van der Waals surface area contributed by atoms with Gasteiger partial charge in [-0.1, -0.05) is 0 Å². The van der Waals surface area contributed by atoms with Crippen molar-refractivity contribution in [3.8, 4) is 11.5 Å². The van der Waals surface area contributed by atoms with Crippen LogP contribution in [-0.2, 0) is 6.54 Å². The summed E-state index contributed by atoms with van der Waals surface area (Å²) in [5, 5.41) is 10.1. The smallest absolute Gasteiger partial charge is 0.182 e. The van der Waals surface area contributed by atoms with E-state index in [4.69, 9.17) is 5.73 Å². The average molecular weight is 190 g/mol. The van der Waals surface area contributed by atoms with E-state index in [0.717, 1.165) is 11.3 Å². The summed E-state index contributed by atoms with van der Waals surface area (Å²) in [5.74, 6) is 0.546. The number of hydrogen-bond donors (Lipinski definition) is 2. The van der Waals surface area contributed by atoms with Crippen molar-refractivity contribution in [2.24, 2.45) is 5.73 Å². The van der Waals surface area contributed by atoms with Gasteiger partial charge in [0.15, 0.2) is 5.82 Å². The fourth-order valence-electron chi connectivity index (χ4n) is 1.12. The monoisotopic (exact) mass is 190 g/mol. The van der Waals surface area contributed by atoms with Crippen LogP contribution in [0.4, 0.5) is 0 Å². The third-order valence-electron chi connectivity index (χ3n) is 1.91. The van der Waals surface area contributed by atoms with Crippen LogP contribution in [-0.4, -0.2) is 25.4 Å². The lowest BCUT2D eigenvalue weighted by molar-refractivity contribution is 0.922. The fourth-order valence-corrected chi connectivity index (χ4v) is 1.12. The van der Waals surface area contributed by atoms with Gasteiger partial charge in [-0.05, 0) is 12.5 Å². The van der Waals surface area contributed by atoms with Crippen molar-refractivity contribution in [3.63, 3.8) is 0 Å². The van der Waals surface area contributed by atoms with Gasteiger partial charge in [-0.2, -0.15) is 15.4 Å². The molecule has 0 unspecified atom stereocenters. The molecule has 0 aliphatic rings. The van der Waals surface area contributed by atoms with Crippen LogP contribution in [0.25, 0.3) is 11.5 Å². The molecule has 0 aliphatic heterocycles. The standard InChI is InChI=1S/C8H10N6/c1-5-3-10-8(12-6(5)2-9)7-4-11-14-13-7/h3-4H,2,9H2,1H3,(H,11,13,14). The van der Waals surface area contributed by atoms with Crippen LogP contribution in [0.1, 0.15) is 11.3 Å². The van der Waals surface area contributed by atoms with E-state index in [-0.39, 0.29) is 0 Å². The molecular weight excluding hydrogens is 180 g/mol. The van der Waals surface area contributed by atoms with Crippen molar-refractivity contribution in [1.29, 1.82) is 0 Å². The van der Waals surface area contributed by atoms with E-state index >= 15 is 0 Å². The van der Waals surface area contributed by atoms with Gasteiger partial charge in [0, 0.05) is 12.7 Å². The number of nitrogens with two attached hydrogens (primary N) is 1. The molecule has 0 amide bonds. The predicted octanol–water partition coefficient (Wildman–Crippen LogP) is 0.0288. The van der Waals surface area contributed by atoms with E-state index < -0.39 is 0 Å². The molecule has 6 heteroatoms. The molecule has 3 N–H and O–H groups in total. The van der Waals surface area contributed by atoms with Crippen molar-refractivity contribution in [3.05, 3.63) is 23.7 Å². The summed E-state index contributed by atoms with van der Waals surface area (Å²) < 4.78 is 0. The maximum Gasteiger partial charge on any atom is 0.182 e. The van der Waals surface area contributed by atoms with Gasteiger partial charge in [0.1, 0.15) is 5.69 Å². The van der Waals surface area contributed by atoms with E-state index in [2.05, 4.69) is 25.4 Å². The number of aromatic nitrogens is 5. The molecule has 0 aliphatic carbocycles. The molecule has 2 heterocycles. The van der Waals surface area contributed by atoms with Gasteiger partial charge in [-0.3, -0.25) is 0 Å². The molecule has 0 radical (unpaired) electrons. The SMILES string of the molecule is Cc1cnc(-c2cn[nH]n2)nc1CN. The van der Waals surface area contributed by atoms with E-state index in [1.54, 1.807) is 12.4 Å². The Labute approximate surface area is 80.6 Å². The summed E-state index contributed by atoms with van der Waals surface area (Å²) in [6.07, 6.45) is 3.31. The van der Waals surface area contributed by atoms with Gasteiger partial charge < -0.3 is 5.73 Å². The fraction of sp³-hybridized carbons (Fsp3) is 0.250. The van der Waals surface area contributed by atoms with Gasteiger partial charge in [0.2, 0.25) is 0 Å². The molecule has 0 saturated heterocycles. The number of nitrogens with zero attached hydrogens (tertiary/aromatic N) is 4. The Kier molecular flexibility index (Phi) is 2.19. The molecule has 2 aromatic heterocycles. The van der Waals surface area contributed by atoms with Crippen molar-refractivity contribution in [2.75, 3.05) is 0 Å². The molecule has 0 fully saturated rings. The second-order valence-electron chi connectivity index (χ2n) is 2.88. The molecule has 0 aromatic carbocycles. The molecule has 6 nitrogen and oxygen atoms in total. The zero-order chi connectivity index (χ0) is 9.97. The van der Waals surface area contributed by atoms with Crippen LogP contribution in [0.2, 0.25) is 0 Å². The quantitative estimate of drug-likeness (QED) is 0.696. The molecule has 0 atom stereocenters. The Morgan fingerprint density at radius 1 is 1.43 bits per heavy atom. The van der Waals surface area contributed by atoms with Crippen LogP contribution in [0.15, 0.2) is 12.4 Å². The van der Waals surface area contributed by atoms with E-state index in [1.165, 1.54) is 0 Å². The molecule has 0 saturated carbocycles. The van der Waals surface area contributed by atoms with Crippen molar-refractivity contribution >= 4 is 0 Å². The van der Waals surface area contributed by atoms with E-state index in [9.17, 15) is 0 Å². The Bertz CT molecular complexity index is 421. The summed E-state index contributed by atoms with van der Waals surface area (Å²) in [6, 6.07) is 0. The Balaban J connectivity index is 2.46. The average Bonchev–Trinajstić information content (AvgIpc) is 2.71. The van der Waals surface area contributed by atoms with Gasteiger partial charge in [0.25, 0.3) is 0 Å². The summed E-state index contributed by atoms with van der Waals surface area (Å²) in [4.78, 5) is 8.41. The van der Waals surface area contributed by atoms with Gasteiger partial charge in [-0.25, -0.2) is 9.97 Å². The van der Waals surface area contributed by atoms with Crippen molar-refractivity contribution in [2.45, 2.75) is 13.5 Å². The van der Waals surface area contributed by atoms with Crippen LogP contribution < -0.4 is 5.73 Å². The molecule has 72 valence electrons. The van der Waals surface area contributed by atoms with E-state index in [0.29, 0.717) is 18.1 Å². The largest absolute Gasteiger partial charge is 0.325 e. The highest BCUT2D eigenvalue weighted by molar-refractivity contribution is 5.46. The summed E-state index contributed by atoms with van der Waals surface area (Å²) in [5.41, 5.74) is 7.98. The number of rotatable bonds is 2. The van der Waals surface area contributed by atoms with Crippen LogP contribution in [0, 0.1) is 6.92 Å². The minimum Gasteiger partial charge on any atom is -0.325 e. The topological polar surface area (TPSA) is 93.4 Å². The zero-order valence-corrected chi connectivity index (χ0v) is 7.73. The molecule has 2 aromatic rings. The Hall–Kier alpha value is -1.82. The minimum atomic E-state index is 0.402. The zero-order valence-electron chi connectivity index (χ0n) is 7.73. The maximum absolute atomic E-state index is 5.54. The Morgan fingerprint density at radius 3 is 2.93 bits per heavy atom. The molecule has 2 rings (SSSR count). The summed E-state index contributed by atoms with van der Waals surface area (Å²) in [7, 11) is 0. The maximum atomic E-state index is 5.54. The third kappa shape index (κ3) is 1.47. The molecule has 0 bridgehead atoms. The Morgan fingerprint density at radius 2 is 2.29 bits per heavy atom. The van der Waals surface area contributed by atoms with Crippen molar-refractivity contribution in [1.82, 2.24) is 25.4 Å². The first-order valence-corrected chi connectivity index (χ1v) is 4.20. The van der Waals surface area contributed by atoms with Crippen LogP contribution in [0.3, 0.4) is 0 Å². The number of aromatic amines is 1. The summed E-state index contributed by atoms with van der Waals surface area (Å²) in [6.45, 7) is 2.33. The first-order chi connectivity index (χ1) is 6.81. The number of nitrogens with one attached hydrogen (secondary N) is 1. The lowest BCUT2D eigenvalue weighted by Crippen LogP contribution is -2.04. The van der Waals surface area contributed by atoms with Crippen LogP contribution in [0.5, 0.6) is 0 Å².